The quantitative estimate of drug-likeness (QED) is 0.785. The van der Waals surface area contributed by atoms with Gasteiger partial charge in [0.25, 0.3) is 0 Å². The summed E-state index contributed by atoms with van der Waals surface area (Å²) in [7, 11) is 0. The standard InChI is InChI=1S/C12H15N3/c13-7-10-5-6-15(9-10)12-4-2-1-3-11(12)8-14/h1-4,10H,5-7,9,13H2. The summed E-state index contributed by atoms with van der Waals surface area (Å²) in [5.41, 5.74) is 7.46. The van der Waals surface area contributed by atoms with Gasteiger partial charge in [0, 0.05) is 13.1 Å². The van der Waals surface area contributed by atoms with E-state index in [9.17, 15) is 0 Å². The second kappa shape index (κ2) is 4.33. The number of para-hydroxylation sites is 1. The average Bonchev–Trinajstić information content (AvgIpc) is 2.77. The molecular formula is C12H15N3. The summed E-state index contributed by atoms with van der Waals surface area (Å²) in [4.78, 5) is 2.26. The number of rotatable bonds is 2. The largest absolute Gasteiger partial charge is 0.370 e. The Morgan fingerprint density at radius 1 is 1.47 bits per heavy atom. The molecular weight excluding hydrogens is 186 g/mol. The maximum atomic E-state index is 9.00. The number of benzene rings is 1. The van der Waals surface area contributed by atoms with E-state index in [2.05, 4.69) is 11.0 Å². The van der Waals surface area contributed by atoms with Gasteiger partial charge in [-0.1, -0.05) is 12.1 Å². The molecule has 0 aliphatic carbocycles. The van der Waals surface area contributed by atoms with Crippen molar-refractivity contribution in [2.75, 3.05) is 24.5 Å². The molecule has 1 aromatic carbocycles. The SMILES string of the molecule is N#Cc1ccccc1N1CCC(CN)C1. The average molecular weight is 201 g/mol. The van der Waals surface area contributed by atoms with E-state index in [1.807, 2.05) is 24.3 Å². The van der Waals surface area contributed by atoms with Crippen LogP contribution in [0.2, 0.25) is 0 Å². The third-order valence-electron chi connectivity index (χ3n) is 2.98. The van der Waals surface area contributed by atoms with Gasteiger partial charge in [-0.3, -0.25) is 0 Å². The fraction of sp³-hybridized carbons (Fsp3) is 0.417. The molecule has 1 aliphatic heterocycles. The van der Waals surface area contributed by atoms with Crippen molar-refractivity contribution in [2.24, 2.45) is 11.7 Å². The van der Waals surface area contributed by atoms with E-state index in [1.165, 1.54) is 0 Å². The molecule has 2 rings (SSSR count). The normalized spacial score (nSPS) is 20.3. The van der Waals surface area contributed by atoms with Gasteiger partial charge in [-0.25, -0.2) is 0 Å². The molecule has 1 unspecified atom stereocenters. The lowest BCUT2D eigenvalue weighted by Gasteiger charge is -2.19. The van der Waals surface area contributed by atoms with Gasteiger partial charge in [-0.05, 0) is 31.0 Å². The third-order valence-corrected chi connectivity index (χ3v) is 2.98. The molecule has 15 heavy (non-hydrogen) atoms. The summed E-state index contributed by atoms with van der Waals surface area (Å²) < 4.78 is 0. The number of hydrogen-bond acceptors (Lipinski definition) is 3. The minimum atomic E-state index is 0.580. The lowest BCUT2D eigenvalue weighted by molar-refractivity contribution is 0.602. The number of nitrogens with two attached hydrogens (primary N) is 1. The first kappa shape index (κ1) is 10.0. The van der Waals surface area contributed by atoms with Crippen molar-refractivity contribution < 1.29 is 0 Å². The highest BCUT2D eigenvalue weighted by Crippen LogP contribution is 2.25. The molecule has 3 heteroatoms. The van der Waals surface area contributed by atoms with Gasteiger partial charge in [-0.2, -0.15) is 5.26 Å². The number of nitriles is 1. The van der Waals surface area contributed by atoms with Crippen LogP contribution < -0.4 is 10.6 Å². The smallest absolute Gasteiger partial charge is 0.101 e. The summed E-state index contributed by atoms with van der Waals surface area (Å²) in [6, 6.07) is 9.99. The van der Waals surface area contributed by atoms with Gasteiger partial charge in [0.15, 0.2) is 0 Å². The van der Waals surface area contributed by atoms with Crippen LogP contribution in [0.15, 0.2) is 24.3 Å². The van der Waals surface area contributed by atoms with Crippen molar-refractivity contribution in [2.45, 2.75) is 6.42 Å². The predicted octanol–water partition coefficient (Wildman–Crippen LogP) is 1.34. The minimum absolute atomic E-state index is 0.580. The Labute approximate surface area is 90.1 Å². The van der Waals surface area contributed by atoms with Crippen LogP contribution in [0.25, 0.3) is 0 Å². The molecule has 0 radical (unpaired) electrons. The monoisotopic (exact) mass is 201 g/mol. The van der Waals surface area contributed by atoms with Crippen LogP contribution in [0, 0.1) is 17.2 Å². The van der Waals surface area contributed by atoms with Gasteiger partial charge >= 0.3 is 0 Å². The lowest BCUT2D eigenvalue weighted by Crippen LogP contribution is -2.23. The molecule has 78 valence electrons. The molecule has 1 heterocycles. The van der Waals surface area contributed by atoms with Gasteiger partial charge in [0.05, 0.1) is 11.3 Å². The third kappa shape index (κ3) is 1.95. The van der Waals surface area contributed by atoms with Gasteiger partial charge < -0.3 is 10.6 Å². The van der Waals surface area contributed by atoms with Crippen molar-refractivity contribution >= 4 is 5.69 Å². The first-order chi connectivity index (χ1) is 7.35. The van der Waals surface area contributed by atoms with Crippen molar-refractivity contribution in [1.82, 2.24) is 0 Å². The first-order valence-electron chi connectivity index (χ1n) is 5.29. The Morgan fingerprint density at radius 2 is 2.27 bits per heavy atom. The topological polar surface area (TPSA) is 53.0 Å². The van der Waals surface area contributed by atoms with E-state index in [1.54, 1.807) is 0 Å². The summed E-state index contributed by atoms with van der Waals surface area (Å²) >= 11 is 0. The Kier molecular flexibility index (Phi) is 2.89. The van der Waals surface area contributed by atoms with Gasteiger partial charge in [0.1, 0.15) is 6.07 Å². The predicted molar refractivity (Wildman–Crippen MR) is 60.5 cm³/mol. The van der Waals surface area contributed by atoms with Crippen LogP contribution in [0.1, 0.15) is 12.0 Å². The van der Waals surface area contributed by atoms with Gasteiger partial charge in [0.2, 0.25) is 0 Å². The highest BCUT2D eigenvalue weighted by Gasteiger charge is 2.22. The van der Waals surface area contributed by atoms with Crippen molar-refractivity contribution in [3.05, 3.63) is 29.8 Å². The molecule has 1 aliphatic rings. The summed E-state index contributed by atoms with van der Waals surface area (Å²) in [5.74, 6) is 0.580. The Morgan fingerprint density at radius 3 is 2.93 bits per heavy atom. The number of hydrogen-bond donors (Lipinski definition) is 1. The zero-order valence-corrected chi connectivity index (χ0v) is 8.69. The zero-order chi connectivity index (χ0) is 10.7. The first-order valence-corrected chi connectivity index (χ1v) is 5.29. The molecule has 0 aromatic heterocycles. The second-order valence-corrected chi connectivity index (χ2v) is 3.97. The molecule has 0 spiro atoms. The van der Waals surface area contributed by atoms with Crippen LogP contribution in [-0.2, 0) is 0 Å². The number of nitrogens with zero attached hydrogens (tertiary/aromatic N) is 2. The van der Waals surface area contributed by atoms with E-state index in [4.69, 9.17) is 11.0 Å². The van der Waals surface area contributed by atoms with E-state index < -0.39 is 0 Å². The maximum Gasteiger partial charge on any atom is 0.101 e. The van der Waals surface area contributed by atoms with E-state index in [-0.39, 0.29) is 0 Å². The van der Waals surface area contributed by atoms with E-state index in [0.717, 1.165) is 37.3 Å². The fourth-order valence-electron chi connectivity index (χ4n) is 2.09. The fourth-order valence-corrected chi connectivity index (χ4v) is 2.09. The van der Waals surface area contributed by atoms with Crippen molar-refractivity contribution in [1.29, 1.82) is 5.26 Å². The second-order valence-electron chi connectivity index (χ2n) is 3.97. The Bertz CT molecular complexity index is 381. The highest BCUT2D eigenvalue weighted by molar-refractivity contribution is 5.59. The summed E-state index contributed by atoms with van der Waals surface area (Å²) in [5, 5.41) is 9.00. The van der Waals surface area contributed by atoms with Crippen LogP contribution in [0.4, 0.5) is 5.69 Å². The highest BCUT2D eigenvalue weighted by atomic mass is 15.2. The van der Waals surface area contributed by atoms with Gasteiger partial charge in [-0.15, -0.1) is 0 Å². The molecule has 2 N–H and O–H groups in total. The van der Waals surface area contributed by atoms with Crippen molar-refractivity contribution in [3.63, 3.8) is 0 Å². The zero-order valence-electron chi connectivity index (χ0n) is 8.69. The van der Waals surface area contributed by atoms with Crippen molar-refractivity contribution in [3.8, 4) is 6.07 Å². The molecule has 1 fully saturated rings. The summed E-state index contributed by atoms with van der Waals surface area (Å²) in [6.07, 6.45) is 1.14. The molecule has 1 atom stereocenters. The van der Waals surface area contributed by atoms with Crippen LogP contribution >= 0.6 is 0 Å². The maximum absolute atomic E-state index is 9.00. The van der Waals surface area contributed by atoms with E-state index in [0.29, 0.717) is 5.92 Å². The lowest BCUT2D eigenvalue weighted by atomic mass is 10.1. The van der Waals surface area contributed by atoms with Crippen LogP contribution in [-0.4, -0.2) is 19.6 Å². The number of anilines is 1. The Balaban J connectivity index is 2.20. The molecule has 1 saturated heterocycles. The molecule has 0 saturated carbocycles. The molecule has 3 nitrogen and oxygen atoms in total. The van der Waals surface area contributed by atoms with Crippen LogP contribution in [0.3, 0.4) is 0 Å². The van der Waals surface area contributed by atoms with E-state index >= 15 is 0 Å². The molecule has 1 aromatic rings. The molecule has 0 bridgehead atoms. The summed E-state index contributed by atoms with van der Waals surface area (Å²) in [6.45, 7) is 2.74. The minimum Gasteiger partial charge on any atom is -0.370 e. The molecule has 0 amide bonds. The Hall–Kier alpha value is -1.53. The van der Waals surface area contributed by atoms with Crippen LogP contribution in [0.5, 0.6) is 0 Å².